The van der Waals surface area contributed by atoms with E-state index in [1.165, 1.54) is 12.1 Å². The van der Waals surface area contributed by atoms with Crippen molar-refractivity contribution >= 4 is 5.91 Å². The zero-order valence-electron chi connectivity index (χ0n) is 11.2. The molecule has 0 heterocycles. The third kappa shape index (κ3) is 5.19. The summed E-state index contributed by atoms with van der Waals surface area (Å²) in [6.45, 7) is 6.78. The first-order chi connectivity index (χ1) is 8.28. The Hall–Kier alpha value is -1.55. The van der Waals surface area contributed by atoms with Gasteiger partial charge in [-0.3, -0.25) is 4.79 Å². The molecule has 4 nitrogen and oxygen atoms in total. The number of nitrogens with one attached hydrogen (secondary N) is 1. The van der Waals surface area contributed by atoms with Gasteiger partial charge in [-0.2, -0.15) is 0 Å². The van der Waals surface area contributed by atoms with Gasteiger partial charge >= 0.3 is 0 Å². The van der Waals surface area contributed by atoms with E-state index in [1.54, 1.807) is 12.1 Å². The number of carbonyl (C=O) groups excluding carboxylic acids is 1. The maximum absolute atomic E-state index is 11.8. The molecule has 0 radical (unpaired) electrons. The van der Waals surface area contributed by atoms with Gasteiger partial charge < -0.3 is 16.2 Å². The molecule has 0 aliphatic carbocycles. The van der Waals surface area contributed by atoms with Gasteiger partial charge in [0, 0.05) is 18.2 Å². The molecule has 0 aromatic heterocycles. The van der Waals surface area contributed by atoms with E-state index in [4.69, 9.17) is 5.73 Å². The third-order valence-electron chi connectivity index (χ3n) is 2.51. The van der Waals surface area contributed by atoms with Gasteiger partial charge in [0.05, 0.1) is 0 Å². The summed E-state index contributed by atoms with van der Waals surface area (Å²) in [5.74, 6) is -0.128. The predicted molar refractivity (Wildman–Crippen MR) is 72.5 cm³/mol. The Morgan fingerprint density at radius 2 is 2.11 bits per heavy atom. The highest BCUT2D eigenvalue weighted by Crippen LogP contribution is 2.19. The van der Waals surface area contributed by atoms with Crippen LogP contribution in [0.15, 0.2) is 24.3 Å². The molecule has 0 aliphatic rings. The second-order valence-corrected chi connectivity index (χ2v) is 5.79. The van der Waals surface area contributed by atoms with Gasteiger partial charge in [-0.05, 0) is 30.0 Å². The number of phenolic OH excluding ortho intramolecular Hbond substituents is 1. The van der Waals surface area contributed by atoms with Crippen molar-refractivity contribution in [3.05, 3.63) is 29.8 Å². The van der Waals surface area contributed by atoms with Crippen LogP contribution in [0.25, 0.3) is 0 Å². The second-order valence-electron chi connectivity index (χ2n) is 5.79. The van der Waals surface area contributed by atoms with Crippen LogP contribution < -0.4 is 11.1 Å². The van der Waals surface area contributed by atoms with E-state index in [0.29, 0.717) is 12.1 Å². The maximum Gasteiger partial charge on any atom is 0.251 e. The molecule has 4 heteroatoms. The SMILES string of the molecule is CC(C)(C)CC(N)CNC(=O)c1cccc(O)c1. The van der Waals surface area contributed by atoms with Gasteiger partial charge in [0.15, 0.2) is 0 Å². The van der Waals surface area contributed by atoms with Crippen LogP contribution in [0.5, 0.6) is 5.75 Å². The van der Waals surface area contributed by atoms with Crippen LogP contribution in [-0.2, 0) is 0 Å². The summed E-state index contributed by atoms with van der Waals surface area (Å²) in [7, 11) is 0. The third-order valence-corrected chi connectivity index (χ3v) is 2.51. The van der Waals surface area contributed by atoms with E-state index >= 15 is 0 Å². The number of phenols is 1. The standard InChI is InChI=1S/C14H22N2O2/c1-14(2,3)8-11(15)9-16-13(18)10-5-4-6-12(17)7-10/h4-7,11,17H,8-9,15H2,1-3H3,(H,16,18). The van der Waals surface area contributed by atoms with Crippen LogP contribution >= 0.6 is 0 Å². The molecule has 4 N–H and O–H groups in total. The van der Waals surface area contributed by atoms with Crippen LogP contribution in [0.2, 0.25) is 0 Å². The summed E-state index contributed by atoms with van der Waals surface area (Å²) >= 11 is 0. The lowest BCUT2D eigenvalue weighted by molar-refractivity contribution is 0.0948. The fourth-order valence-electron chi connectivity index (χ4n) is 1.83. The van der Waals surface area contributed by atoms with Crippen LogP contribution in [0.3, 0.4) is 0 Å². The van der Waals surface area contributed by atoms with E-state index in [1.807, 2.05) is 0 Å². The molecule has 0 bridgehead atoms. The Kier molecular flexibility index (Phi) is 4.73. The molecule has 0 saturated carbocycles. The highest BCUT2D eigenvalue weighted by atomic mass is 16.3. The molecule has 1 aromatic rings. The zero-order chi connectivity index (χ0) is 13.8. The van der Waals surface area contributed by atoms with E-state index < -0.39 is 0 Å². The molecule has 0 fully saturated rings. The Bertz CT molecular complexity index is 411. The number of nitrogens with two attached hydrogens (primary N) is 1. The van der Waals surface area contributed by atoms with Gasteiger partial charge in [-0.1, -0.05) is 26.8 Å². The second kappa shape index (κ2) is 5.87. The number of aromatic hydroxyl groups is 1. The topological polar surface area (TPSA) is 75.3 Å². The Morgan fingerprint density at radius 3 is 2.67 bits per heavy atom. The number of rotatable bonds is 4. The Morgan fingerprint density at radius 1 is 1.44 bits per heavy atom. The summed E-state index contributed by atoms with van der Waals surface area (Å²) in [5, 5.41) is 12.1. The molecule has 0 spiro atoms. The van der Waals surface area contributed by atoms with Crippen LogP contribution in [0, 0.1) is 5.41 Å². The van der Waals surface area contributed by atoms with E-state index in [0.717, 1.165) is 6.42 Å². The fraction of sp³-hybridized carbons (Fsp3) is 0.500. The molecule has 0 aliphatic heterocycles. The number of hydrogen-bond donors (Lipinski definition) is 3. The van der Waals surface area contributed by atoms with E-state index in [-0.39, 0.29) is 23.1 Å². The zero-order valence-corrected chi connectivity index (χ0v) is 11.2. The first-order valence-corrected chi connectivity index (χ1v) is 6.11. The predicted octanol–water partition coefficient (Wildman–Crippen LogP) is 1.89. The van der Waals surface area contributed by atoms with Gasteiger partial charge in [-0.15, -0.1) is 0 Å². The molecular weight excluding hydrogens is 228 g/mol. The molecule has 18 heavy (non-hydrogen) atoms. The van der Waals surface area contributed by atoms with Gasteiger partial charge in [0.25, 0.3) is 5.91 Å². The summed E-state index contributed by atoms with van der Waals surface area (Å²) in [4.78, 5) is 11.8. The van der Waals surface area contributed by atoms with Crippen LogP contribution in [0.4, 0.5) is 0 Å². The first-order valence-electron chi connectivity index (χ1n) is 6.11. The largest absolute Gasteiger partial charge is 0.508 e. The average Bonchev–Trinajstić information content (AvgIpc) is 2.23. The normalized spacial score (nSPS) is 13.1. The monoisotopic (exact) mass is 250 g/mol. The molecule has 1 amide bonds. The maximum atomic E-state index is 11.8. The van der Waals surface area contributed by atoms with Gasteiger partial charge in [0.2, 0.25) is 0 Å². The lowest BCUT2D eigenvalue weighted by Gasteiger charge is -2.23. The minimum absolute atomic E-state index is 0.0636. The minimum atomic E-state index is -0.213. The van der Waals surface area contributed by atoms with Crippen molar-refractivity contribution in [1.29, 1.82) is 0 Å². The van der Waals surface area contributed by atoms with Crippen molar-refractivity contribution in [3.63, 3.8) is 0 Å². The summed E-state index contributed by atoms with van der Waals surface area (Å²) < 4.78 is 0. The molecule has 0 saturated heterocycles. The highest BCUT2D eigenvalue weighted by Gasteiger charge is 2.16. The van der Waals surface area contributed by atoms with Crippen molar-refractivity contribution in [1.82, 2.24) is 5.32 Å². The number of benzene rings is 1. The van der Waals surface area contributed by atoms with Crippen LogP contribution in [-0.4, -0.2) is 23.6 Å². The van der Waals surface area contributed by atoms with Gasteiger partial charge in [-0.25, -0.2) is 0 Å². The van der Waals surface area contributed by atoms with Gasteiger partial charge in [0.1, 0.15) is 5.75 Å². The summed E-state index contributed by atoms with van der Waals surface area (Å²) in [6, 6.07) is 6.20. The molecule has 1 rings (SSSR count). The summed E-state index contributed by atoms with van der Waals surface area (Å²) in [6.07, 6.45) is 0.841. The number of hydrogen-bond acceptors (Lipinski definition) is 3. The van der Waals surface area contributed by atoms with E-state index in [9.17, 15) is 9.90 Å². The van der Waals surface area contributed by atoms with Crippen molar-refractivity contribution in [2.24, 2.45) is 11.1 Å². The van der Waals surface area contributed by atoms with Crippen molar-refractivity contribution in [3.8, 4) is 5.75 Å². The van der Waals surface area contributed by atoms with Crippen molar-refractivity contribution < 1.29 is 9.90 Å². The Balaban J connectivity index is 2.47. The number of carbonyl (C=O) groups is 1. The quantitative estimate of drug-likeness (QED) is 0.763. The minimum Gasteiger partial charge on any atom is -0.508 e. The highest BCUT2D eigenvalue weighted by molar-refractivity contribution is 5.94. The molecule has 1 atom stereocenters. The average molecular weight is 250 g/mol. The summed E-state index contributed by atoms with van der Waals surface area (Å²) in [5.41, 5.74) is 6.54. The lowest BCUT2D eigenvalue weighted by atomic mass is 9.88. The lowest BCUT2D eigenvalue weighted by Crippen LogP contribution is -2.39. The van der Waals surface area contributed by atoms with Crippen LogP contribution in [0.1, 0.15) is 37.6 Å². The van der Waals surface area contributed by atoms with E-state index in [2.05, 4.69) is 26.1 Å². The Labute approximate surface area is 108 Å². The molecule has 1 aromatic carbocycles. The molecular formula is C14H22N2O2. The fourth-order valence-corrected chi connectivity index (χ4v) is 1.83. The van der Waals surface area contributed by atoms with Crippen molar-refractivity contribution in [2.45, 2.75) is 33.2 Å². The smallest absolute Gasteiger partial charge is 0.251 e. The molecule has 1 unspecified atom stereocenters. The van der Waals surface area contributed by atoms with Crippen molar-refractivity contribution in [2.75, 3.05) is 6.54 Å². The first kappa shape index (κ1) is 14.5. The molecule has 100 valence electrons. The number of amides is 1.